The quantitative estimate of drug-likeness (QED) is 0.0401. The number of carbonyl (C=O) groups is 18. The summed E-state index contributed by atoms with van der Waals surface area (Å²) in [6, 6.07) is 7.74. The van der Waals surface area contributed by atoms with Crippen LogP contribution < -0.4 is 80.6 Å². The normalized spacial score (nSPS) is 23.9. The van der Waals surface area contributed by atoms with Crippen molar-refractivity contribution in [1.29, 1.82) is 0 Å². The lowest BCUT2D eigenvalue weighted by molar-refractivity contribution is -0.147. The van der Waals surface area contributed by atoms with Gasteiger partial charge in [0.1, 0.15) is 84.3 Å². The van der Waals surface area contributed by atoms with Gasteiger partial charge in [-0.2, -0.15) is 0 Å². The number of hydrogen-bond acceptors (Lipinski definition) is 21. The Morgan fingerprint density at radius 3 is 1.48 bits per heavy atom. The summed E-state index contributed by atoms with van der Waals surface area (Å²) < 4.78 is 0. The van der Waals surface area contributed by atoms with Crippen molar-refractivity contribution >= 4 is 129 Å². The van der Waals surface area contributed by atoms with E-state index in [1.165, 1.54) is 59.1 Å². The predicted molar refractivity (Wildman–Crippen MR) is 485 cm³/mol. The maximum atomic E-state index is 15.4. The molecule has 2 aliphatic rings. The minimum absolute atomic E-state index is 0.0133. The molecular formula is C91H126N18O21S. The minimum atomic E-state index is -2.04. The van der Waals surface area contributed by atoms with Crippen molar-refractivity contribution in [3.63, 3.8) is 0 Å². The Bertz CT molecular complexity index is 4850. The Labute approximate surface area is 764 Å². The number of likely N-dealkylation sites (N-methyl/N-ethyl adjacent to an activating group) is 2. The number of hydrogen-bond donors (Lipinski definition) is 19. The lowest BCUT2D eigenvalue weighted by atomic mass is 9.84. The average Bonchev–Trinajstić information content (AvgIpc) is 1.81. The Kier molecular flexibility index (Phi) is 40.7. The van der Waals surface area contributed by atoms with E-state index in [1.807, 2.05) is 30.3 Å². The Morgan fingerprint density at radius 1 is 0.481 bits per heavy atom. The third-order valence-corrected chi connectivity index (χ3v) is 23.5. The van der Waals surface area contributed by atoms with Gasteiger partial charge in [0.2, 0.25) is 100 Å². The number of nitrogens with zero attached hydrogens (tertiary/aromatic N) is 2. The summed E-state index contributed by atoms with van der Waals surface area (Å²) in [5.74, 6) is -22.3. The summed E-state index contributed by atoms with van der Waals surface area (Å²) in [5, 5.41) is 65.5. The van der Waals surface area contributed by atoms with E-state index in [0.717, 1.165) is 52.0 Å². The number of nitrogens with one attached hydrogen (secondary N) is 14. The zero-order valence-corrected chi connectivity index (χ0v) is 76.5. The molecule has 2 fully saturated rings. The van der Waals surface area contributed by atoms with Gasteiger partial charge >= 0.3 is 5.97 Å². The van der Waals surface area contributed by atoms with E-state index < -0.39 is 241 Å². The van der Waals surface area contributed by atoms with Gasteiger partial charge in [-0.1, -0.05) is 172 Å². The van der Waals surface area contributed by atoms with E-state index in [2.05, 4.69) is 74.1 Å². The molecular weight excluding hydrogens is 1710 g/mol. The van der Waals surface area contributed by atoms with Crippen molar-refractivity contribution in [3.05, 3.63) is 126 Å². The number of H-pyrrole nitrogens is 1. The first-order valence-corrected chi connectivity index (χ1v) is 45.0. The molecule has 5 aromatic rings. The molecule has 13 atom stereocenters. The fourth-order valence-electron chi connectivity index (χ4n) is 15.2. The number of benzene rings is 4. The van der Waals surface area contributed by atoms with E-state index in [1.54, 1.807) is 96.3 Å². The number of aromatic amines is 1. The van der Waals surface area contributed by atoms with Gasteiger partial charge in [0, 0.05) is 56.2 Å². The molecule has 0 bridgehead atoms. The van der Waals surface area contributed by atoms with Crippen LogP contribution in [0.4, 0.5) is 0 Å². The van der Waals surface area contributed by atoms with Crippen molar-refractivity contribution in [3.8, 4) is 16.9 Å². The molecule has 1 aliphatic heterocycles. The molecule has 4 aromatic carbocycles. The van der Waals surface area contributed by atoms with Crippen molar-refractivity contribution in [2.24, 2.45) is 41.1 Å². The van der Waals surface area contributed by atoms with Crippen LogP contribution in [-0.4, -0.2) is 260 Å². The number of carboxylic acid groups (broad SMARTS) is 1. The van der Waals surface area contributed by atoms with E-state index in [0.29, 0.717) is 40.4 Å². The molecule has 7 rings (SSSR count). The van der Waals surface area contributed by atoms with Gasteiger partial charge in [-0.25, -0.2) is 0 Å². The highest BCUT2D eigenvalue weighted by Gasteiger charge is 2.41. The molecule has 40 heteroatoms. The standard InChI is InChI=1S/C91H126N18O21S/c1-48(2)34-62-80(119)101-66(37-54-26-30-57(31-27-54)56-22-16-13-17-23-56)87(126)107-78(51(7)8)91(130)109(11)52(9)90(129)108(10)44-74(114)96-68(40-72(92)112)84(123)99-63(35-49(3)4)86(125)106-77(50(5)6)89(128)104-70(45-110)88(127)105-71(79(118)95-43-73(93)113)46-131-47-75(115)97-64(36-53-20-14-12-15-21-53)81(120)100-65(38-55-28-32-59(111)33-29-55)82(121)103-69(41-76(116)117)85(124)102-67(83(122)98-62)39-58-42-94-61-25-19-18-24-60(58)61/h13,16-19,22-33,42,48-53,62-71,77-78,94,110-111H,12,14-15,20-21,34-41,43-47H2,1-11H3,(H2,92,112)(H2,93,113)(H,95,118)(H,96,114)(H,97,115)(H,98,122)(H,99,123)(H,100,120)(H,101,119)(H,102,124)(H,103,121)(H,104,128)(H,105,127)(H,106,125)(H,107,126)(H,116,117)/t52-,62-,63-,64-,65-,66-,67-,68-,69-,70-,71-,77-,78-/m0/s1. The fraction of sp³-hybridized carbons (Fsp3) is 0.516. The average molecular weight is 1840 g/mol. The molecule has 17 amide bonds. The van der Waals surface area contributed by atoms with Crippen LogP contribution in [0.5, 0.6) is 5.75 Å². The third kappa shape index (κ3) is 33.2. The molecule has 0 spiro atoms. The zero-order chi connectivity index (χ0) is 96.6. The van der Waals surface area contributed by atoms with Crippen LogP contribution in [0.1, 0.15) is 143 Å². The van der Waals surface area contributed by atoms with Gasteiger partial charge in [-0.15, -0.1) is 11.8 Å². The van der Waals surface area contributed by atoms with Crippen LogP contribution >= 0.6 is 11.8 Å². The molecule has 1 aromatic heterocycles. The number of aromatic nitrogens is 1. The van der Waals surface area contributed by atoms with Crippen molar-refractivity contribution < 1.29 is 102 Å². The van der Waals surface area contributed by atoms with Crippen LogP contribution in [-0.2, 0) is 106 Å². The Balaban J connectivity index is 1.30. The number of primary amides is 2. The number of aromatic hydroxyl groups is 1. The third-order valence-electron chi connectivity index (χ3n) is 22.5. The van der Waals surface area contributed by atoms with E-state index in [-0.39, 0.29) is 62.0 Å². The highest BCUT2D eigenvalue weighted by atomic mass is 32.2. The second kappa shape index (κ2) is 50.8. The molecule has 21 N–H and O–H groups in total. The number of phenolic OH excluding ortho intramolecular Hbond substituents is 1. The molecule has 39 nitrogen and oxygen atoms in total. The monoisotopic (exact) mass is 1840 g/mol. The lowest BCUT2D eigenvalue weighted by Gasteiger charge is -2.33. The number of fused-ring (bicyclic) bond motifs is 1. The number of aliphatic carboxylic acids is 1. The second-order valence-electron chi connectivity index (χ2n) is 34.9. The molecule has 2 heterocycles. The zero-order valence-electron chi connectivity index (χ0n) is 75.7. The summed E-state index contributed by atoms with van der Waals surface area (Å²) >= 11 is 0.741. The second-order valence-corrected chi connectivity index (χ2v) is 35.9. The topological polar surface area (TPSA) is 599 Å². The number of carboxylic acids is 1. The highest BCUT2D eigenvalue weighted by Crippen LogP contribution is 2.29. The number of para-hydroxylation sites is 1. The van der Waals surface area contributed by atoms with Crippen molar-refractivity contribution in [2.45, 2.75) is 224 Å². The van der Waals surface area contributed by atoms with Crippen molar-refractivity contribution in [1.82, 2.24) is 83.9 Å². The maximum absolute atomic E-state index is 15.4. The van der Waals surface area contributed by atoms with E-state index in [9.17, 15) is 72.9 Å². The molecule has 1 aliphatic carbocycles. The van der Waals surface area contributed by atoms with Crippen LogP contribution in [0.25, 0.3) is 22.0 Å². The molecule has 712 valence electrons. The number of aliphatic hydroxyl groups excluding tert-OH is 1. The van der Waals surface area contributed by atoms with Gasteiger partial charge in [0.05, 0.1) is 38.3 Å². The van der Waals surface area contributed by atoms with Crippen LogP contribution in [0.3, 0.4) is 0 Å². The SMILES string of the molecule is CC(C)C[C@@H]1NC(=O)[C@H](Cc2c[nH]c3ccccc23)NC(=O)[C@H](CC(=O)O)NC(=O)[C@H](Cc2ccc(O)cc2)NC(=O)[C@H](CC2CCCCC2)NC(=O)CSC[C@@H](C(=O)NCC(N)=O)NC(=O)[C@H](CO)NC(=O)[C@H](C(C)C)NC(=O)[C@H](CC(C)C)NC(=O)[C@H](CC(N)=O)NC(=O)CN(C)C(=O)[C@H](C)N(C)C(=O)[C@H](C(C)C)NC(=O)[C@H](Cc2ccc(-c3ccccc3)cc2)NC1=O. The van der Waals surface area contributed by atoms with E-state index in [4.69, 9.17) is 11.5 Å². The largest absolute Gasteiger partial charge is 0.508 e. The van der Waals surface area contributed by atoms with Gasteiger partial charge < -0.3 is 111 Å². The number of thioether (sulfide) groups is 1. The summed E-state index contributed by atoms with van der Waals surface area (Å²) in [6.45, 7) is 11.8. The Hall–Kier alpha value is -13.0. The fourth-order valence-corrected chi connectivity index (χ4v) is 16.1. The highest BCUT2D eigenvalue weighted by molar-refractivity contribution is 8.00. The molecule has 1 saturated heterocycles. The first-order valence-electron chi connectivity index (χ1n) is 43.9. The number of phenols is 1. The van der Waals surface area contributed by atoms with Gasteiger partial charge in [0.25, 0.3) is 0 Å². The van der Waals surface area contributed by atoms with Gasteiger partial charge in [-0.3, -0.25) is 86.3 Å². The summed E-state index contributed by atoms with van der Waals surface area (Å²) in [7, 11) is 2.48. The number of nitrogens with two attached hydrogens (primary N) is 2. The Morgan fingerprint density at radius 2 is 0.939 bits per heavy atom. The molecule has 1 saturated carbocycles. The number of carbonyl (C=O) groups excluding carboxylic acids is 17. The van der Waals surface area contributed by atoms with Crippen LogP contribution in [0.2, 0.25) is 0 Å². The minimum Gasteiger partial charge on any atom is -0.508 e. The summed E-state index contributed by atoms with van der Waals surface area (Å²) in [4.78, 5) is 263. The van der Waals surface area contributed by atoms with Crippen molar-refractivity contribution in [2.75, 3.05) is 45.3 Å². The number of aliphatic hydroxyl groups is 1. The van der Waals surface area contributed by atoms with Crippen LogP contribution in [0.15, 0.2) is 109 Å². The molecule has 0 radical (unpaired) electrons. The number of rotatable bonds is 23. The smallest absolute Gasteiger partial charge is 0.305 e. The van der Waals surface area contributed by atoms with Gasteiger partial charge in [-0.05, 0) is 102 Å². The maximum Gasteiger partial charge on any atom is 0.305 e. The summed E-state index contributed by atoms with van der Waals surface area (Å²) in [6.07, 6.45) is 2.12. The first-order chi connectivity index (χ1) is 62.0. The molecule has 0 unspecified atom stereocenters. The predicted octanol–water partition coefficient (Wildman–Crippen LogP) is -0.243. The van der Waals surface area contributed by atoms with Gasteiger partial charge in [0.15, 0.2) is 0 Å². The van der Waals surface area contributed by atoms with Crippen LogP contribution in [0, 0.1) is 29.6 Å². The summed E-state index contributed by atoms with van der Waals surface area (Å²) in [5.41, 5.74) is 14.5. The van der Waals surface area contributed by atoms with E-state index >= 15 is 28.8 Å². The number of amides is 17. The first kappa shape index (κ1) is 105. The molecule has 131 heavy (non-hydrogen) atoms. The lowest BCUT2D eigenvalue weighted by Crippen LogP contribution is -2.61.